The van der Waals surface area contributed by atoms with Crippen molar-refractivity contribution in [1.82, 2.24) is 4.90 Å². The Morgan fingerprint density at radius 2 is 1.47 bits per heavy atom. The molecule has 3 saturated carbocycles. The second kappa shape index (κ2) is 13.6. The van der Waals surface area contributed by atoms with Gasteiger partial charge in [0.05, 0.1) is 39.0 Å². The van der Waals surface area contributed by atoms with Gasteiger partial charge in [0.2, 0.25) is 0 Å². The van der Waals surface area contributed by atoms with E-state index in [2.05, 4.69) is 32.1 Å². The Kier molecular flexibility index (Phi) is 8.98. The summed E-state index contributed by atoms with van der Waals surface area (Å²) in [6, 6.07) is 28.6. The highest BCUT2D eigenvalue weighted by molar-refractivity contribution is 6.10. The van der Waals surface area contributed by atoms with Crippen LogP contribution < -0.4 is 14.2 Å². The van der Waals surface area contributed by atoms with Crippen LogP contribution in [0.25, 0.3) is 10.8 Å². The fourth-order valence-corrected chi connectivity index (χ4v) is 12.4. The molecule has 3 fully saturated rings. The number of carbonyl (C=O) groups excluding carboxylic acids is 2. The summed E-state index contributed by atoms with van der Waals surface area (Å²) in [4.78, 5) is 31.0. The average Bonchev–Trinajstić information content (AvgIpc) is 3.50. The summed E-state index contributed by atoms with van der Waals surface area (Å²) in [5, 5.41) is 26.3. The van der Waals surface area contributed by atoms with Crippen LogP contribution in [0.4, 0.5) is 4.79 Å². The number of nitrogens with zero attached hydrogens (tertiary/aromatic N) is 1. The van der Waals surface area contributed by atoms with E-state index < -0.39 is 34.0 Å². The molecule has 10 rings (SSSR count). The van der Waals surface area contributed by atoms with Gasteiger partial charge in [-0.1, -0.05) is 92.7 Å². The van der Waals surface area contributed by atoms with Gasteiger partial charge in [0, 0.05) is 39.0 Å². The number of rotatable bonds is 9. The van der Waals surface area contributed by atoms with Crippen molar-refractivity contribution in [3.8, 4) is 17.2 Å². The molecule has 296 valence electrons. The molecular formula is C49H53NO7. The molecule has 2 spiro atoms. The molecule has 0 aliphatic heterocycles. The predicted octanol–water partition coefficient (Wildman–Crippen LogP) is 9.33. The van der Waals surface area contributed by atoms with Crippen LogP contribution in [0.5, 0.6) is 17.2 Å². The van der Waals surface area contributed by atoms with Crippen LogP contribution in [0.1, 0.15) is 74.7 Å². The summed E-state index contributed by atoms with van der Waals surface area (Å²) in [6.07, 6.45) is 10.8. The molecule has 0 aromatic heterocycles. The Bertz CT molecular complexity index is 2300. The Balaban J connectivity index is 1.10. The van der Waals surface area contributed by atoms with Crippen molar-refractivity contribution in [3.63, 3.8) is 0 Å². The minimum Gasteiger partial charge on any atom is -0.497 e. The SMILES string of the molecule is COc1ccc(CN(C[C@]2(O)CC[C@H]3[C@]45C=C[C@@]6(C=C4C(=O)c4ccccc4)CC(O)CC[C@]6(C)[C@H]5CC[C@@]32C)C(=O)Oc2ccc3ccccc3c2)c(OC)c1. The number of Topliss-reactive ketones (excluding diaryl/α,β-unsaturated/α-hetero) is 1. The van der Waals surface area contributed by atoms with E-state index >= 15 is 0 Å². The highest BCUT2D eigenvalue weighted by atomic mass is 16.6. The lowest BCUT2D eigenvalue weighted by atomic mass is 9.32. The van der Waals surface area contributed by atoms with E-state index in [1.54, 1.807) is 31.3 Å². The van der Waals surface area contributed by atoms with Crippen molar-refractivity contribution in [3.05, 3.63) is 126 Å². The van der Waals surface area contributed by atoms with Crippen LogP contribution in [-0.4, -0.2) is 59.5 Å². The lowest BCUT2D eigenvalue weighted by Gasteiger charge is -2.71. The van der Waals surface area contributed by atoms with Crippen LogP contribution >= 0.6 is 0 Å². The molecule has 0 heterocycles. The van der Waals surface area contributed by atoms with Gasteiger partial charge < -0.3 is 29.3 Å². The number of aliphatic hydroxyl groups is 2. The summed E-state index contributed by atoms with van der Waals surface area (Å²) in [7, 11) is 3.19. The number of benzene rings is 4. The van der Waals surface area contributed by atoms with Gasteiger partial charge >= 0.3 is 6.09 Å². The highest BCUT2D eigenvalue weighted by Crippen LogP contribution is 2.78. The van der Waals surface area contributed by atoms with Crippen molar-refractivity contribution in [1.29, 1.82) is 0 Å². The number of hydrogen-bond donors (Lipinski definition) is 2. The van der Waals surface area contributed by atoms with Gasteiger partial charge in [-0.05, 0) is 97.2 Å². The van der Waals surface area contributed by atoms with Crippen LogP contribution in [0, 0.1) is 33.5 Å². The van der Waals surface area contributed by atoms with E-state index in [0.29, 0.717) is 42.1 Å². The van der Waals surface area contributed by atoms with E-state index in [1.807, 2.05) is 78.9 Å². The third-order valence-corrected chi connectivity index (χ3v) is 15.5. The third-order valence-electron chi connectivity index (χ3n) is 15.5. The van der Waals surface area contributed by atoms with Gasteiger partial charge in [-0.25, -0.2) is 4.79 Å². The number of fused-ring (bicyclic) bond motifs is 2. The molecule has 8 heteroatoms. The van der Waals surface area contributed by atoms with Gasteiger partial charge in [0.25, 0.3) is 0 Å². The highest BCUT2D eigenvalue weighted by Gasteiger charge is 2.74. The Labute approximate surface area is 335 Å². The molecule has 4 aromatic carbocycles. The zero-order valence-corrected chi connectivity index (χ0v) is 33.4. The van der Waals surface area contributed by atoms with E-state index in [4.69, 9.17) is 14.2 Å². The summed E-state index contributed by atoms with van der Waals surface area (Å²) < 4.78 is 17.4. The standard InChI is InChI=1S/C49H53NO7/c1-45-21-18-36(51)28-47(45)24-25-49(39(29-47)43(52)33-11-6-5-7-12-33)41(45)19-22-46(2)42(49)20-23-48(46,54)31-50(30-35-15-16-37(55-3)27-40(35)56-4)44(53)57-38-17-14-32-10-8-9-13-34(32)26-38/h5-17,24-27,29,36,41-42,51,54H,18-23,28,30-31H2,1-4H3/t36?,41-,42-,45-,46+,47+,48-,49-/m1/s1. The molecule has 8 atom stereocenters. The van der Waals surface area contributed by atoms with E-state index in [9.17, 15) is 19.8 Å². The van der Waals surface area contributed by atoms with Crippen molar-refractivity contribution < 1.29 is 34.0 Å². The monoisotopic (exact) mass is 767 g/mol. The van der Waals surface area contributed by atoms with Crippen molar-refractivity contribution in [2.45, 2.75) is 77.0 Å². The van der Waals surface area contributed by atoms with E-state index in [0.717, 1.165) is 47.6 Å². The van der Waals surface area contributed by atoms with Gasteiger partial charge in [-0.2, -0.15) is 0 Å². The maximum atomic E-state index is 14.9. The van der Waals surface area contributed by atoms with Gasteiger partial charge in [0.15, 0.2) is 5.78 Å². The third kappa shape index (κ3) is 5.61. The lowest BCUT2D eigenvalue weighted by molar-refractivity contribution is -0.175. The molecule has 2 N–H and O–H groups in total. The van der Waals surface area contributed by atoms with Gasteiger partial charge in [0.1, 0.15) is 17.2 Å². The second-order valence-electron chi connectivity index (χ2n) is 17.9. The zero-order valence-electron chi connectivity index (χ0n) is 33.4. The predicted molar refractivity (Wildman–Crippen MR) is 219 cm³/mol. The smallest absolute Gasteiger partial charge is 0.415 e. The topological polar surface area (TPSA) is 106 Å². The first-order valence-corrected chi connectivity index (χ1v) is 20.5. The van der Waals surface area contributed by atoms with Crippen molar-refractivity contribution >= 4 is 22.6 Å². The first kappa shape index (κ1) is 37.6. The summed E-state index contributed by atoms with van der Waals surface area (Å²) >= 11 is 0. The van der Waals surface area contributed by atoms with Crippen LogP contribution in [-0.2, 0) is 6.54 Å². The maximum Gasteiger partial charge on any atom is 0.415 e. The molecule has 0 radical (unpaired) electrons. The average molecular weight is 768 g/mol. The summed E-state index contributed by atoms with van der Waals surface area (Å²) in [5.41, 5.74) is -0.915. The fourth-order valence-electron chi connectivity index (χ4n) is 12.4. The Hall–Kier alpha value is -4.92. The zero-order chi connectivity index (χ0) is 39.8. The first-order chi connectivity index (χ1) is 27.4. The lowest BCUT2D eigenvalue weighted by Crippen LogP contribution is -2.67. The number of ketones is 1. The fraction of sp³-hybridized carbons (Fsp3) is 0.429. The van der Waals surface area contributed by atoms with Crippen molar-refractivity contribution in [2.75, 3.05) is 20.8 Å². The first-order valence-electron chi connectivity index (χ1n) is 20.5. The number of aliphatic hydroxyl groups excluding tert-OH is 1. The molecule has 4 aromatic rings. The number of amides is 1. The molecular weight excluding hydrogens is 715 g/mol. The molecule has 6 aliphatic rings. The van der Waals surface area contributed by atoms with Gasteiger partial charge in [-0.15, -0.1) is 0 Å². The molecule has 1 unspecified atom stereocenters. The number of methoxy groups -OCH3 is 2. The van der Waals surface area contributed by atoms with Gasteiger partial charge in [-0.3, -0.25) is 4.79 Å². The van der Waals surface area contributed by atoms with E-state index in [-0.39, 0.29) is 36.1 Å². The Morgan fingerprint density at radius 1 is 0.772 bits per heavy atom. The molecule has 1 amide bonds. The second-order valence-corrected chi connectivity index (χ2v) is 17.9. The Morgan fingerprint density at radius 3 is 2.25 bits per heavy atom. The minimum atomic E-state index is -1.30. The molecule has 8 nitrogen and oxygen atoms in total. The summed E-state index contributed by atoms with van der Waals surface area (Å²) in [6.45, 7) is 4.75. The number of allylic oxidation sites excluding steroid dienone is 4. The molecule has 57 heavy (non-hydrogen) atoms. The van der Waals surface area contributed by atoms with Crippen LogP contribution in [0.3, 0.4) is 0 Å². The normalized spacial score (nSPS) is 33.4. The summed E-state index contributed by atoms with van der Waals surface area (Å²) in [5.74, 6) is 1.74. The largest absolute Gasteiger partial charge is 0.497 e. The number of hydrogen-bond acceptors (Lipinski definition) is 7. The van der Waals surface area contributed by atoms with E-state index in [1.165, 1.54) is 0 Å². The van der Waals surface area contributed by atoms with Crippen LogP contribution in [0.15, 0.2) is 115 Å². The minimum absolute atomic E-state index is 0.0262. The number of ether oxygens (including phenoxy) is 3. The quantitative estimate of drug-likeness (QED) is 0.129. The maximum absolute atomic E-state index is 14.9. The van der Waals surface area contributed by atoms with Crippen molar-refractivity contribution in [2.24, 2.45) is 33.5 Å². The number of carbonyl (C=O) groups is 2. The molecule has 2 bridgehead atoms. The molecule has 0 saturated heterocycles. The van der Waals surface area contributed by atoms with Crippen LogP contribution in [0.2, 0.25) is 0 Å². The molecule has 6 aliphatic carbocycles.